The molecule has 2 aromatic carbocycles. The van der Waals surface area contributed by atoms with Gasteiger partial charge in [-0.05, 0) is 70.9 Å². The number of hydrogen-bond acceptors (Lipinski definition) is 3. The summed E-state index contributed by atoms with van der Waals surface area (Å²) in [5.41, 5.74) is 5.19. The van der Waals surface area contributed by atoms with Gasteiger partial charge in [-0.1, -0.05) is 29.8 Å². The third kappa shape index (κ3) is 2.80. The Kier molecular flexibility index (Phi) is 4.46. The van der Waals surface area contributed by atoms with E-state index in [1.165, 1.54) is 0 Å². The van der Waals surface area contributed by atoms with E-state index in [9.17, 15) is 14.4 Å². The van der Waals surface area contributed by atoms with Crippen molar-refractivity contribution in [3.05, 3.63) is 70.3 Å². The van der Waals surface area contributed by atoms with Crippen LogP contribution in [0.3, 0.4) is 0 Å². The molecular weight excluding hydrogens is 376 g/mol. The van der Waals surface area contributed by atoms with Gasteiger partial charge in [0.05, 0.1) is 22.4 Å². The molecule has 0 fully saturated rings. The first-order valence-electron chi connectivity index (χ1n) is 10.2. The number of carbonyl (C=O) groups is 3. The number of nitrogens with zero attached hydrogens (tertiary/aromatic N) is 2. The van der Waals surface area contributed by atoms with Crippen LogP contribution < -0.4 is 4.90 Å². The number of anilines is 1. The second-order valence-corrected chi connectivity index (χ2v) is 8.83. The topological polar surface area (TPSA) is 57.7 Å². The number of benzene rings is 2. The molecule has 0 unspecified atom stereocenters. The number of fused-ring (bicyclic) bond motifs is 2. The smallest absolute Gasteiger partial charge is 0.262 e. The predicted octanol–water partition coefficient (Wildman–Crippen LogP) is 4.52. The average Bonchev–Trinajstić information content (AvgIpc) is 2.92. The number of allylic oxidation sites excluding steroid dienone is 1. The number of hydrogen-bond donors (Lipinski definition) is 0. The fourth-order valence-corrected chi connectivity index (χ4v) is 4.77. The van der Waals surface area contributed by atoms with Gasteiger partial charge in [0.2, 0.25) is 0 Å². The Hall–Kier alpha value is -3.21. The lowest BCUT2D eigenvalue weighted by Crippen LogP contribution is -2.57. The molecule has 0 aliphatic carbocycles. The van der Waals surface area contributed by atoms with Gasteiger partial charge in [-0.15, -0.1) is 0 Å². The first-order valence-corrected chi connectivity index (χ1v) is 10.2. The molecule has 30 heavy (non-hydrogen) atoms. The van der Waals surface area contributed by atoms with Crippen molar-refractivity contribution in [2.75, 3.05) is 4.90 Å². The van der Waals surface area contributed by atoms with Crippen LogP contribution in [0.2, 0.25) is 0 Å². The van der Waals surface area contributed by atoms with Crippen LogP contribution in [0.1, 0.15) is 65.1 Å². The van der Waals surface area contributed by atoms with Crippen molar-refractivity contribution >= 4 is 29.0 Å². The zero-order chi connectivity index (χ0) is 22.0. The highest BCUT2D eigenvalue weighted by Crippen LogP contribution is 2.42. The highest BCUT2D eigenvalue weighted by atomic mass is 16.2. The van der Waals surface area contributed by atoms with Crippen molar-refractivity contribution in [2.24, 2.45) is 0 Å². The molecule has 0 radical (unpaired) electrons. The molecule has 1 atom stereocenters. The summed E-state index contributed by atoms with van der Waals surface area (Å²) in [5.74, 6) is -1.11. The van der Waals surface area contributed by atoms with Gasteiger partial charge >= 0.3 is 0 Å². The lowest BCUT2D eigenvalue weighted by Gasteiger charge is -2.44. The molecule has 0 bridgehead atoms. The quantitative estimate of drug-likeness (QED) is 0.694. The summed E-state index contributed by atoms with van der Waals surface area (Å²) in [6.07, 6.45) is 2.07. The van der Waals surface area contributed by atoms with Crippen LogP contribution >= 0.6 is 0 Å². The van der Waals surface area contributed by atoms with Crippen LogP contribution in [0.15, 0.2) is 42.5 Å². The van der Waals surface area contributed by atoms with Crippen LogP contribution in [0.4, 0.5) is 5.69 Å². The van der Waals surface area contributed by atoms with Crippen molar-refractivity contribution in [2.45, 2.75) is 53.1 Å². The number of aryl methyl sites for hydroxylation is 2. The van der Waals surface area contributed by atoms with Crippen molar-refractivity contribution in [3.8, 4) is 0 Å². The van der Waals surface area contributed by atoms with Gasteiger partial charge in [0.15, 0.2) is 0 Å². The van der Waals surface area contributed by atoms with E-state index in [1.54, 1.807) is 36.1 Å². The minimum absolute atomic E-state index is 0.272. The normalized spacial score (nSPS) is 18.1. The van der Waals surface area contributed by atoms with Gasteiger partial charge in [-0.2, -0.15) is 0 Å². The molecule has 5 nitrogen and oxygen atoms in total. The molecule has 2 aliphatic rings. The molecule has 154 valence electrons. The fraction of sp³-hybridized carbons (Fsp3) is 0.320. The Morgan fingerprint density at radius 1 is 0.933 bits per heavy atom. The third-order valence-corrected chi connectivity index (χ3v) is 6.03. The molecule has 4 rings (SSSR count). The summed E-state index contributed by atoms with van der Waals surface area (Å²) >= 11 is 0. The van der Waals surface area contributed by atoms with Gasteiger partial charge in [0.25, 0.3) is 17.7 Å². The zero-order valence-electron chi connectivity index (χ0n) is 18.2. The van der Waals surface area contributed by atoms with E-state index < -0.39 is 23.4 Å². The van der Waals surface area contributed by atoms with E-state index in [-0.39, 0.29) is 5.91 Å². The highest BCUT2D eigenvalue weighted by molar-refractivity contribution is 6.23. The zero-order valence-corrected chi connectivity index (χ0v) is 18.2. The first kappa shape index (κ1) is 20.1. The van der Waals surface area contributed by atoms with E-state index >= 15 is 0 Å². The van der Waals surface area contributed by atoms with Gasteiger partial charge < -0.3 is 4.90 Å². The molecule has 0 spiro atoms. The summed E-state index contributed by atoms with van der Waals surface area (Å²) in [6, 6.07) is 9.93. The van der Waals surface area contributed by atoms with Gasteiger partial charge in [-0.25, -0.2) is 0 Å². The van der Waals surface area contributed by atoms with Crippen molar-refractivity contribution in [3.63, 3.8) is 0 Å². The Balaban J connectivity index is 1.79. The molecule has 0 N–H and O–H groups in total. The van der Waals surface area contributed by atoms with Crippen molar-refractivity contribution in [1.82, 2.24) is 4.90 Å². The summed E-state index contributed by atoms with van der Waals surface area (Å²) in [7, 11) is 0. The first-order chi connectivity index (χ1) is 14.0. The molecule has 3 amide bonds. The fourth-order valence-electron chi connectivity index (χ4n) is 4.77. The molecule has 0 saturated carbocycles. The Morgan fingerprint density at radius 3 is 2.07 bits per heavy atom. The van der Waals surface area contributed by atoms with Gasteiger partial charge in [0, 0.05) is 5.56 Å². The molecule has 5 heteroatoms. The Morgan fingerprint density at radius 2 is 1.50 bits per heavy atom. The number of rotatable bonds is 2. The monoisotopic (exact) mass is 402 g/mol. The predicted molar refractivity (Wildman–Crippen MR) is 118 cm³/mol. The SMILES string of the molecule is CC1=CC(C)(C)N(C(=O)[C@H](C)N2C(=O)c3ccccc3C2=O)c2c(C)cc(C)cc21. The van der Waals surface area contributed by atoms with Crippen LogP contribution in [0, 0.1) is 13.8 Å². The third-order valence-electron chi connectivity index (χ3n) is 6.03. The number of imide groups is 1. The van der Waals surface area contributed by atoms with Crippen LogP contribution in [0.25, 0.3) is 5.57 Å². The Bertz CT molecular complexity index is 1110. The second-order valence-electron chi connectivity index (χ2n) is 8.83. The van der Waals surface area contributed by atoms with Gasteiger partial charge in [0.1, 0.15) is 6.04 Å². The van der Waals surface area contributed by atoms with E-state index in [2.05, 4.69) is 25.1 Å². The standard InChI is InChI=1S/C25H26N2O3/c1-14-11-15(2)21-20(12-14)16(3)13-25(5,6)27(21)22(28)17(4)26-23(29)18-9-7-8-10-19(18)24(26)30/h7-13,17H,1-6H3/t17-/m0/s1. The van der Waals surface area contributed by atoms with Crippen molar-refractivity contribution < 1.29 is 14.4 Å². The lowest BCUT2D eigenvalue weighted by molar-refractivity contribution is -0.122. The molecule has 2 aromatic rings. The molecule has 2 aliphatic heterocycles. The summed E-state index contributed by atoms with van der Waals surface area (Å²) < 4.78 is 0. The van der Waals surface area contributed by atoms with Crippen LogP contribution in [0.5, 0.6) is 0 Å². The van der Waals surface area contributed by atoms with Gasteiger partial charge in [-0.3, -0.25) is 19.3 Å². The maximum Gasteiger partial charge on any atom is 0.262 e. The maximum atomic E-state index is 13.8. The summed E-state index contributed by atoms with van der Waals surface area (Å²) in [5, 5.41) is 0. The minimum atomic E-state index is -0.919. The van der Waals surface area contributed by atoms with E-state index in [0.717, 1.165) is 32.9 Å². The number of carbonyl (C=O) groups excluding carboxylic acids is 3. The van der Waals surface area contributed by atoms with E-state index in [1.807, 2.05) is 27.7 Å². The lowest BCUT2D eigenvalue weighted by atomic mass is 9.85. The van der Waals surface area contributed by atoms with E-state index in [0.29, 0.717) is 11.1 Å². The van der Waals surface area contributed by atoms with E-state index in [4.69, 9.17) is 0 Å². The maximum absolute atomic E-state index is 13.8. The largest absolute Gasteiger partial charge is 0.301 e. The number of amides is 3. The Labute approximate surface area is 177 Å². The van der Waals surface area contributed by atoms with Crippen LogP contribution in [-0.4, -0.2) is 34.2 Å². The summed E-state index contributed by atoms with van der Waals surface area (Å²) in [6.45, 7) is 11.7. The molecular formula is C25H26N2O3. The molecule has 0 aromatic heterocycles. The minimum Gasteiger partial charge on any atom is -0.301 e. The summed E-state index contributed by atoms with van der Waals surface area (Å²) in [4.78, 5) is 42.5. The van der Waals surface area contributed by atoms with Crippen LogP contribution in [-0.2, 0) is 4.79 Å². The molecule has 0 saturated heterocycles. The highest BCUT2D eigenvalue weighted by Gasteiger charge is 2.45. The second kappa shape index (κ2) is 6.66. The van der Waals surface area contributed by atoms with Crippen molar-refractivity contribution in [1.29, 1.82) is 0 Å². The molecule has 2 heterocycles. The average molecular weight is 402 g/mol.